The summed E-state index contributed by atoms with van der Waals surface area (Å²) in [5.74, 6) is 0.286. The summed E-state index contributed by atoms with van der Waals surface area (Å²) < 4.78 is 11.5. The van der Waals surface area contributed by atoms with E-state index in [0.717, 1.165) is 38.6 Å². The molecule has 0 aliphatic heterocycles. The van der Waals surface area contributed by atoms with Crippen LogP contribution in [-0.4, -0.2) is 29.9 Å². The Bertz CT molecular complexity index is 1250. The Labute approximate surface area is 195 Å². The molecule has 4 rings (SSSR count). The average molecular weight is 459 g/mol. The predicted molar refractivity (Wildman–Crippen MR) is 131 cm³/mol. The highest BCUT2D eigenvalue weighted by atomic mass is 32.1. The van der Waals surface area contributed by atoms with Crippen molar-refractivity contribution in [1.82, 2.24) is 4.98 Å². The van der Waals surface area contributed by atoms with E-state index >= 15 is 0 Å². The van der Waals surface area contributed by atoms with E-state index in [9.17, 15) is 4.79 Å². The standard InChI is InChI=1S/C26H22N2O4S/c1-27-15-22-21(18-9-11-20(31-2)12-10-18)14-23(24-4-3-13-33-24)28-25(22)32-16-17-5-7-19(8-6-17)26(29)30/h3-14H,1,15-16H2,2H3,(H,29,30). The molecule has 0 unspecified atom stereocenters. The van der Waals surface area contributed by atoms with Crippen molar-refractivity contribution < 1.29 is 19.4 Å². The third kappa shape index (κ3) is 5.10. The molecule has 0 amide bonds. The van der Waals surface area contributed by atoms with E-state index in [1.807, 2.05) is 47.8 Å². The Balaban J connectivity index is 1.75. The van der Waals surface area contributed by atoms with Gasteiger partial charge in [0, 0.05) is 5.56 Å². The number of rotatable bonds is 9. The number of nitrogens with zero attached hydrogens (tertiary/aromatic N) is 2. The maximum atomic E-state index is 11.1. The van der Waals surface area contributed by atoms with E-state index in [0.29, 0.717) is 12.4 Å². The lowest BCUT2D eigenvalue weighted by Gasteiger charge is -2.16. The Hall–Kier alpha value is -3.97. The van der Waals surface area contributed by atoms with Gasteiger partial charge in [-0.1, -0.05) is 30.3 Å². The number of methoxy groups -OCH3 is 1. The molecule has 2 heterocycles. The van der Waals surface area contributed by atoms with Crippen LogP contribution in [0.15, 0.2) is 77.1 Å². The van der Waals surface area contributed by atoms with Crippen LogP contribution >= 0.6 is 11.3 Å². The van der Waals surface area contributed by atoms with Gasteiger partial charge in [0.1, 0.15) is 12.4 Å². The van der Waals surface area contributed by atoms with Crippen molar-refractivity contribution in [2.75, 3.05) is 7.11 Å². The van der Waals surface area contributed by atoms with Gasteiger partial charge in [0.05, 0.1) is 29.8 Å². The van der Waals surface area contributed by atoms with Crippen LogP contribution in [0.1, 0.15) is 21.5 Å². The number of benzene rings is 2. The lowest BCUT2D eigenvalue weighted by atomic mass is 9.99. The van der Waals surface area contributed by atoms with E-state index in [2.05, 4.69) is 11.7 Å². The molecule has 0 saturated carbocycles. The molecule has 0 spiro atoms. The number of carboxylic acid groups (broad SMARTS) is 1. The molecular weight excluding hydrogens is 436 g/mol. The normalized spacial score (nSPS) is 10.6. The van der Waals surface area contributed by atoms with Crippen molar-refractivity contribution in [1.29, 1.82) is 0 Å². The summed E-state index contributed by atoms with van der Waals surface area (Å²) in [6, 6.07) is 20.5. The summed E-state index contributed by atoms with van der Waals surface area (Å²) >= 11 is 1.60. The number of hydrogen-bond donors (Lipinski definition) is 1. The Morgan fingerprint density at radius 1 is 1.12 bits per heavy atom. The summed E-state index contributed by atoms with van der Waals surface area (Å²) in [4.78, 5) is 21.0. The largest absolute Gasteiger partial charge is 0.497 e. The van der Waals surface area contributed by atoms with Crippen molar-refractivity contribution in [3.05, 3.63) is 88.8 Å². The van der Waals surface area contributed by atoms with Crippen LogP contribution in [0.5, 0.6) is 11.6 Å². The average Bonchev–Trinajstić information content (AvgIpc) is 3.39. The highest BCUT2D eigenvalue weighted by Gasteiger charge is 2.17. The molecule has 0 atom stereocenters. The summed E-state index contributed by atoms with van der Waals surface area (Å²) in [5, 5.41) is 11.1. The molecule has 0 saturated heterocycles. The second kappa shape index (κ2) is 10.1. The van der Waals surface area contributed by atoms with Gasteiger partial charge >= 0.3 is 5.97 Å². The second-order valence-electron chi connectivity index (χ2n) is 7.22. The maximum Gasteiger partial charge on any atom is 0.335 e. The fraction of sp³-hybridized carbons (Fsp3) is 0.115. The highest BCUT2D eigenvalue weighted by Crippen LogP contribution is 2.36. The van der Waals surface area contributed by atoms with E-state index in [4.69, 9.17) is 19.6 Å². The number of thiophene rings is 1. The van der Waals surface area contributed by atoms with Gasteiger partial charge in [-0.3, -0.25) is 4.99 Å². The van der Waals surface area contributed by atoms with Crippen molar-refractivity contribution in [3.8, 4) is 33.3 Å². The molecule has 0 aliphatic carbocycles. The number of pyridine rings is 1. The maximum absolute atomic E-state index is 11.1. The van der Waals surface area contributed by atoms with Crippen LogP contribution in [0.25, 0.3) is 21.7 Å². The summed E-state index contributed by atoms with van der Waals surface area (Å²) in [7, 11) is 1.64. The molecule has 6 nitrogen and oxygen atoms in total. The molecule has 2 aromatic heterocycles. The van der Waals surface area contributed by atoms with E-state index < -0.39 is 5.97 Å². The molecular formula is C26H22N2O4S. The number of aromatic carboxylic acids is 1. The Kier molecular flexibility index (Phi) is 6.80. The van der Waals surface area contributed by atoms with Crippen LogP contribution < -0.4 is 9.47 Å². The van der Waals surface area contributed by atoms with Gasteiger partial charge in [0.25, 0.3) is 0 Å². The first-order valence-electron chi connectivity index (χ1n) is 10.2. The first-order valence-corrected chi connectivity index (χ1v) is 11.1. The first-order chi connectivity index (χ1) is 16.1. The monoisotopic (exact) mass is 458 g/mol. The molecule has 166 valence electrons. The molecule has 0 radical (unpaired) electrons. The van der Waals surface area contributed by atoms with Gasteiger partial charge in [0.2, 0.25) is 5.88 Å². The topological polar surface area (TPSA) is 81.0 Å². The van der Waals surface area contributed by atoms with Crippen LogP contribution in [-0.2, 0) is 13.2 Å². The van der Waals surface area contributed by atoms with Crippen molar-refractivity contribution in [3.63, 3.8) is 0 Å². The van der Waals surface area contributed by atoms with Gasteiger partial charge in [-0.25, -0.2) is 9.78 Å². The van der Waals surface area contributed by atoms with Crippen molar-refractivity contribution >= 4 is 24.0 Å². The van der Waals surface area contributed by atoms with Crippen LogP contribution in [0.3, 0.4) is 0 Å². The molecule has 0 fully saturated rings. The SMILES string of the molecule is C=NCc1c(-c2ccc(OC)cc2)cc(-c2cccs2)nc1OCc1ccc(C(=O)O)cc1. The van der Waals surface area contributed by atoms with Crippen molar-refractivity contribution in [2.45, 2.75) is 13.2 Å². The smallest absolute Gasteiger partial charge is 0.335 e. The number of ether oxygens (including phenoxy) is 2. The fourth-order valence-corrected chi connectivity index (χ4v) is 4.09. The van der Waals surface area contributed by atoms with Gasteiger partial charge in [0.15, 0.2) is 0 Å². The molecule has 0 aliphatic rings. The zero-order valence-corrected chi connectivity index (χ0v) is 18.8. The Morgan fingerprint density at radius 2 is 1.88 bits per heavy atom. The van der Waals surface area contributed by atoms with Gasteiger partial charge in [-0.15, -0.1) is 11.3 Å². The van der Waals surface area contributed by atoms with Gasteiger partial charge < -0.3 is 14.6 Å². The molecule has 1 N–H and O–H groups in total. The molecule has 0 bridgehead atoms. The molecule has 7 heteroatoms. The number of carboxylic acids is 1. The fourth-order valence-electron chi connectivity index (χ4n) is 3.41. The minimum Gasteiger partial charge on any atom is -0.497 e. The number of aliphatic imine (C=N–C) groups is 1. The van der Waals surface area contributed by atoms with Crippen LogP contribution in [0.4, 0.5) is 0 Å². The second-order valence-corrected chi connectivity index (χ2v) is 8.16. The summed E-state index contributed by atoms with van der Waals surface area (Å²) in [6.45, 7) is 4.25. The van der Waals surface area contributed by atoms with Gasteiger partial charge in [-0.05, 0) is 65.2 Å². The molecule has 4 aromatic rings. The quantitative estimate of drug-likeness (QED) is 0.313. The third-order valence-electron chi connectivity index (χ3n) is 5.11. The van der Waals surface area contributed by atoms with Crippen LogP contribution in [0.2, 0.25) is 0 Å². The highest BCUT2D eigenvalue weighted by molar-refractivity contribution is 7.13. The first kappa shape index (κ1) is 22.2. The number of hydrogen-bond acceptors (Lipinski definition) is 6. The minimum atomic E-state index is -0.962. The van der Waals surface area contributed by atoms with Gasteiger partial charge in [-0.2, -0.15) is 0 Å². The molecule has 2 aromatic carbocycles. The van der Waals surface area contributed by atoms with E-state index in [1.165, 1.54) is 0 Å². The Morgan fingerprint density at radius 3 is 2.48 bits per heavy atom. The lowest BCUT2D eigenvalue weighted by Crippen LogP contribution is -2.04. The summed E-state index contributed by atoms with van der Waals surface area (Å²) in [6.07, 6.45) is 0. The van der Waals surface area contributed by atoms with Crippen LogP contribution in [0, 0.1) is 0 Å². The van der Waals surface area contributed by atoms with E-state index in [1.54, 1.807) is 42.7 Å². The van der Waals surface area contributed by atoms with E-state index in [-0.39, 0.29) is 12.2 Å². The lowest BCUT2D eigenvalue weighted by molar-refractivity contribution is 0.0697. The number of aromatic nitrogens is 1. The molecule has 33 heavy (non-hydrogen) atoms. The third-order valence-corrected chi connectivity index (χ3v) is 6.00. The van der Waals surface area contributed by atoms with Crippen molar-refractivity contribution in [2.24, 2.45) is 4.99 Å². The zero-order chi connectivity index (χ0) is 23.2. The predicted octanol–water partition coefficient (Wildman–Crippen LogP) is 5.96. The number of carbonyl (C=O) groups is 1. The zero-order valence-electron chi connectivity index (χ0n) is 18.0. The minimum absolute atomic E-state index is 0.231. The summed E-state index contributed by atoms with van der Waals surface area (Å²) in [5.41, 5.74) is 4.66.